The van der Waals surface area contributed by atoms with Crippen LogP contribution < -0.4 is 0 Å². The number of piperidine rings is 1. The van der Waals surface area contributed by atoms with Crippen molar-refractivity contribution in [2.45, 2.75) is 25.3 Å². The molecule has 4 rings (SSSR count). The van der Waals surface area contributed by atoms with Gasteiger partial charge in [-0.2, -0.15) is 0 Å². The molecule has 0 spiro atoms. The van der Waals surface area contributed by atoms with Gasteiger partial charge >= 0.3 is 0 Å². The fraction of sp³-hybridized carbons (Fsp3) is 0.316. The standard InChI is InChI=1S/C19H20N4O2/c24-19(17-4-2-12-25-17)23-10-1-3-16(14-23)18-21-9-11-22(18)13-15-5-7-20-8-6-15/h2,4-9,11-12,16H,1,3,10,13-14H2. The molecule has 4 heterocycles. The van der Waals surface area contributed by atoms with Gasteiger partial charge in [0.2, 0.25) is 0 Å². The second kappa shape index (κ2) is 6.93. The zero-order chi connectivity index (χ0) is 17.1. The summed E-state index contributed by atoms with van der Waals surface area (Å²) in [4.78, 5) is 23.1. The van der Waals surface area contributed by atoms with Crippen molar-refractivity contribution in [3.63, 3.8) is 0 Å². The number of nitrogens with zero attached hydrogens (tertiary/aromatic N) is 4. The molecule has 1 saturated heterocycles. The highest BCUT2D eigenvalue weighted by atomic mass is 16.3. The van der Waals surface area contributed by atoms with E-state index in [1.54, 1.807) is 24.5 Å². The van der Waals surface area contributed by atoms with Crippen LogP contribution in [0.15, 0.2) is 59.7 Å². The van der Waals surface area contributed by atoms with E-state index in [-0.39, 0.29) is 11.8 Å². The van der Waals surface area contributed by atoms with Crippen molar-refractivity contribution >= 4 is 5.91 Å². The molecule has 6 nitrogen and oxygen atoms in total. The van der Waals surface area contributed by atoms with E-state index in [2.05, 4.69) is 14.5 Å². The van der Waals surface area contributed by atoms with Crippen molar-refractivity contribution in [1.82, 2.24) is 19.4 Å². The highest BCUT2D eigenvalue weighted by Crippen LogP contribution is 2.27. The summed E-state index contributed by atoms with van der Waals surface area (Å²) in [6.07, 6.45) is 11.0. The van der Waals surface area contributed by atoms with Crippen molar-refractivity contribution in [2.75, 3.05) is 13.1 Å². The molecule has 3 aromatic rings. The molecule has 1 amide bonds. The van der Waals surface area contributed by atoms with Crippen molar-refractivity contribution in [1.29, 1.82) is 0 Å². The fourth-order valence-corrected chi connectivity index (χ4v) is 3.43. The van der Waals surface area contributed by atoms with Crippen molar-refractivity contribution < 1.29 is 9.21 Å². The third-order valence-corrected chi connectivity index (χ3v) is 4.66. The molecule has 1 aliphatic heterocycles. The van der Waals surface area contributed by atoms with Gasteiger partial charge in [-0.15, -0.1) is 0 Å². The predicted molar refractivity (Wildman–Crippen MR) is 92.2 cm³/mol. The molecule has 1 fully saturated rings. The van der Waals surface area contributed by atoms with Crippen molar-refractivity contribution in [3.05, 3.63) is 72.5 Å². The smallest absolute Gasteiger partial charge is 0.289 e. The van der Waals surface area contributed by atoms with Gasteiger partial charge in [-0.3, -0.25) is 9.78 Å². The van der Waals surface area contributed by atoms with Crippen LogP contribution >= 0.6 is 0 Å². The zero-order valence-electron chi connectivity index (χ0n) is 13.9. The van der Waals surface area contributed by atoms with E-state index in [0.29, 0.717) is 12.3 Å². The minimum atomic E-state index is -0.0399. The molecule has 1 aliphatic rings. The van der Waals surface area contributed by atoms with Gasteiger partial charge in [-0.25, -0.2) is 4.98 Å². The lowest BCUT2D eigenvalue weighted by Gasteiger charge is -2.32. The van der Waals surface area contributed by atoms with Crippen LogP contribution in [0.25, 0.3) is 0 Å². The maximum atomic E-state index is 12.5. The lowest BCUT2D eigenvalue weighted by Crippen LogP contribution is -2.39. The van der Waals surface area contributed by atoms with Crippen molar-refractivity contribution in [3.8, 4) is 0 Å². The Balaban J connectivity index is 1.50. The number of amides is 1. The van der Waals surface area contributed by atoms with Gasteiger partial charge in [0.05, 0.1) is 6.26 Å². The molecule has 128 valence electrons. The van der Waals surface area contributed by atoms with Crippen LogP contribution in [0.2, 0.25) is 0 Å². The third-order valence-electron chi connectivity index (χ3n) is 4.66. The second-order valence-electron chi connectivity index (χ2n) is 6.34. The van der Waals surface area contributed by atoms with E-state index in [1.165, 1.54) is 11.8 Å². The van der Waals surface area contributed by atoms with E-state index < -0.39 is 0 Å². The Morgan fingerprint density at radius 1 is 1.24 bits per heavy atom. The minimum absolute atomic E-state index is 0.0399. The van der Waals surface area contributed by atoms with Gasteiger partial charge in [0, 0.05) is 50.3 Å². The van der Waals surface area contributed by atoms with E-state index in [4.69, 9.17) is 4.42 Å². The highest BCUT2D eigenvalue weighted by Gasteiger charge is 2.28. The van der Waals surface area contributed by atoms with Crippen molar-refractivity contribution in [2.24, 2.45) is 0 Å². The Morgan fingerprint density at radius 3 is 2.92 bits per heavy atom. The second-order valence-corrected chi connectivity index (χ2v) is 6.34. The molecule has 3 aromatic heterocycles. The summed E-state index contributed by atoms with van der Waals surface area (Å²) in [7, 11) is 0. The van der Waals surface area contributed by atoms with Crippen LogP contribution in [0, 0.1) is 0 Å². The SMILES string of the molecule is O=C(c1ccco1)N1CCCC(c2nccn2Cc2ccncc2)C1. The topological polar surface area (TPSA) is 64.2 Å². The van der Waals surface area contributed by atoms with Gasteiger partial charge in [-0.05, 0) is 42.7 Å². The van der Waals surface area contributed by atoms with Gasteiger partial charge in [0.15, 0.2) is 5.76 Å². The molecular weight excluding hydrogens is 316 g/mol. The summed E-state index contributed by atoms with van der Waals surface area (Å²) in [6.45, 7) is 2.20. The van der Waals surface area contributed by atoms with Crippen LogP contribution in [0.3, 0.4) is 0 Å². The number of carbonyl (C=O) groups is 1. The number of hydrogen-bond donors (Lipinski definition) is 0. The normalized spacial score (nSPS) is 17.6. The minimum Gasteiger partial charge on any atom is -0.459 e. The lowest BCUT2D eigenvalue weighted by molar-refractivity contribution is 0.0671. The number of rotatable bonds is 4. The first-order valence-corrected chi connectivity index (χ1v) is 8.54. The Morgan fingerprint density at radius 2 is 2.12 bits per heavy atom. The Hall–Kier alpha value is -2.89. The molecule has 0 aromatic carbocycles. The average Bonchev–Trinajstić information content (AvgIpc) is 3.34. The molecule has 0 N–H and O–H groups in total. The van der Waals surface area contributed by atoms with Crippen LogP contribution in [0.4, 0.5) is 0 Å². The summed E-state index contributed by atoms with van der Waals surface area (Å²) < 4.78 is 7.43. The monoisotopic (exact) mass is 336 g/mol. The molecular formula is C19H20N4O2. The van der Waals surface area contributed by atoms with Gasteiger partial charge < -0.3 is 13.9 Å². The van der Waals surface area contributed by atoms with E-state index >= 15 is 0 Å². The number of likely N-dealkylation sites (tertiary alicyclic amines) is 1. The molecule has 6 heteroatoms. The first-order chi connectivity index (χ1) is 12.3. The Labute approximate surface area is 146 Å². The maximum absolute atomic E-state index is 12.5. The molecule has 0 radical (unpaired) electrons. The number of pyridine rings is 1. The fourth-order valence-electron chi connectivity index (χ4n) is 3.43. The maximum Gasteiger partial charge on any atom is 0.289 e. The Kier molecular flexibility index (Phi) is 4.33. The largest absolute Gasteiger partial charge is 0.459 e. The average molecular weight is 336 g/mol. The van der Waals surface area contributed by atoms with Crippen LogP contribution in [0.1, 0.15) is 40.7 Å². The summed E-state index contributed by atoms with van der Waals surface area (Å²) in [5, 5.41) is 0. The molecule has 0 saturated carbocycles. The Bertz CT molecular complexity index is 826. The summed E-state index contributed by atoms with van der Waals surface area (Å²) in [6, 6.07) is 7.49. The number of furan rings is 1. The predicted octanol–water partition coefficient (Wildman–Crippen LogP) is 2.94. The number of carbonyl (C=O) groups excluding carboxylic acids is 1. The molecule has 1 atom stereocenters. The molecule has 0 bridgehead atoms. The molecule has 1 unspecified atom stereocenters. The van der Waals surface area contributed by atoms with Crippen LogP contribution in [-0.2, 0) is 6.54 Å². The molecule has 25 heavy (non-hydrogen) atoms. The van der Waals surface area contributed by atoms with E-state index in [9.17, 15) is 4.79 Å². The van der Waals surface area contributed by atoms with Gasteiger partial charge in [-0.1, -0.05) is 0 Å². The highest BCUT2D eigenvalue weighted by molar-refractivity contribution is 5.91. The number of hydrogen-bond acceptors (Lipinski definition) is 4. The lowest BCUT2D eigenvalue weighted by atomic mass is 9.96. The number of aromatic nitrogens is 3. The van der Waals surface area contributed by atoms with Gasteiger partial charge in [0.1, 0.15) is 5.82 Å². The zero-order valence-corrected chi connectivity index (χ0v) is 13.9. The van der Waals surface area contributed by atoms with E-state index in [1.807, 2.05) is 29.4 Å². The number of imidazole rings is 1. The van der Waals surface area contributed by atoms with E-state index in [0.717, 1.165) is 31.8 Å². The first-order valence-electron chi connectivity index (χ1n) is 8.54. The molecule has 0 aliphatic carbocycles. The summed E-state index contributed by atoms with van der Waals surface area (Å²) in [5.74, 6) is 1.64. The quantitative estimate of drug-likeness (QED) is 0.735. The summed E-state index contributed by atoms with van der Waals surface area (Å²) >= 11 is 0. The third kappa shape index (κ3) is 3.33. The summed E-state index contributed by atoms with van der Waals surface area (Å²) in [5.41, 5.74) is 1.19. The first kappa shape index (κ1) is 15.6. The van der Waals surface area contributed by atoms with Crippen LogP contribution in [-0.4, -0.2) is 38.4 Å². The van der Waals surface area contributed by atoms with Crippen LogP contribution in [0.5, 0.6) is 0 Å². The van der Waals surface area contributed by atoms with Gasteiger partial charge in [0.25, 0.3) is 5.91 Å².